The van der Waals surface area contributed by atoms with Crippen LogP contribution < -0.4 is 5.32 Å². The van der Waals surface area contributed by atoms with Gasteiger partial charge in [-0.1, -0.05) is 19.1 Å². The number of sulfone groups is 1. The van der Waals surface area contributed by atoms with Crippen LogP contribution >= 0.6 is 0 Å². The molecule has 0 heterocycles. The number of hydrogen-bond acceptors (Lipinski definition) is 3. The van der Waals surface area contributed by atoms with Crippen molar-refractivity contribution in [2.75, 3.05) is 5.32 Å². The van der Waals surface area contributed by atoms with Crippen LogP contribution in [0.15, 0.2) is 29.2 Å². The number of anilines is 1. The molecule has 0 atom stereocenters. The molecule has 2 rings (SSSR count). The van der Waals surface area contributed by atoms with Gasteiger partial charge in [-0.3, -0.25) is 0 Å². The average Bonchev–Trinajstić information content (AvgIpc) is 2.33. The van der Waals surface area contributed by atoms with Crippen molar-refractivity contribution in [3.05, 3.63) is 24.3 Å². The Morgan fingerprint density at radius 1 is 1.25 bits per heavy atom. The highest BCUT2D eigenvalue weighted by atomic mass is 32.2. The molecule has 1 fully saturated rings. The zero-order valence-electron chi connectivity index (χ0n) is 11.0. The maximum Gasteiger partial charge on any atom is 0.501 e. The number of halogens is 3. The van der Waals surface area contributed by atoms with Crippen molar-refractivity contribution in [3.63, 3.8) is 0 Å². The maximum absolute atomic E-state index is 12.7. The van der Waals surface area contributed by atoms with Gasteiger partial charge >= 0.3 is 5.51 Å². The Hall–Kier alpha value is -1.24. The first-order valence-electron chi connectivity index (χ1n) is 6.40. The summed E-state index contributed by atoms with van der Waals surface area (Å²) in [5.41, 5.74) is -5.53. The zero-order chi connectivity index (χ0) is 15.0. The summed E-state index contributed by atoms with van der Waals surface area (Å²) in [7, 11) is -5.33. The van der Waals surface area contributed by atoms with Gasteiger partial charge < -0.3 is 5.32 Å². The molecule has 0 bridgehead atoms. The maximum atomic E-state index is 12.7. The fourth-order valence-electron chi connectivity index (χ4n) is 2.39. The van der Waals surface area contributed by atoms with Crippen molar-refractivity contribution < 1.29 is 21.6 Å². The van der Waals surface area contributed by atoms with Crippen LogP contribution in [0.2, 0.25) is 0 Å². The van der Waals surface area contributed by atoms with Crippen LogP contribution in [0.3, 0.4) is 0 Å². The van der Waals surface area contributed by atoms with Crippen LogP contribution in [0.1, 0.15) is 32.6 Å². The van der Waals surface area contributed by atoms with Crippen molar-refractivity contribution in [1.82, 2.24) is 0 Å². The van der Waals surface area contributed by atoms with E-state index in [0.717, 1.165) is 31.7 Å². The summed E-state index contributed by atoms with van der Waals surface area (Å²) >= 11 is 0. The lowest BCUT2D eigenvalue weighted by Crippen LogP contribution is -2.44. The Morgan fingerprint density at radius 3 is 2.30 bits per heavy atom. The Kier molecular flexibility index (Phi) is 3.75. The topological polar surface area (TPSA) is 46.2 Å². The molecule has 1 saturated carbocycles. The van der Waals surface area contributed by atoms with Gasteiger partial charge in [0.1, 0.15) is 0 Å². The van der Waals surface area contributed by atoms with Crippen LogP contribution in [0.5, 0.6) is 0 Å². The molecule has 1 aliphatic carbocycles. The molecule has 112 valence electrons. The van der Waals surface area contributed by atoms with E-state index in [9.17, 15) is 21.6 Å². The summed E-state index contributed by atoms with van der Waals surface area (Å²) in [4.78, 5) is -0.702. The van der Waals surface area contributed by atoms with Crippen molar-refractivity contribution in [3.8, 4) is 0 Å². The minimum absolute atomic E-state index is 0.0337. The Morgan fingerprint density at radius 2 is 1.85 bits per heavy atom. The first-order chi connectivity index (χ1) is 9.22. The molecule has 0 radical (unpaired) electrons. The van der Waals surface area contributed by atoms with Gasteiger partial charge in [0, 0.05) is 5.54 Å². The third-order valence-electron chi connectivity index (χ3n) is 3.87. The highest BCUT2D eigenvalue weighted by Gasteiger charge is 2.48. The SMILES string of the molecule is CCC1(Nc2ccccc2S(=O)(=O)C(F)(F)F)CCC1. The predicted octanol–water partition coefficient (Wildman–Crippen LogP) is 3.72. The Bertz CT molecular complexity index is 586. The van der Waals surface area contributed by atoms with E-state index in [4.69, 9.17) is 0 Å². The second-order valence-corrected chi connectivity index (χ2v) is 6.97. The fraction of sp³-hybridized carbons (Fsp3) is 0.538. The van der Waals surface area contributed by atoms with Crippen LogP contribution in [0.4, 0.5) is 18.9 Å². The summed E-state index contributed by atoms with van der Waals surface area (Å²) < 4.78 is 61.3. The largest absolute Gasteiger partial charge is 0.501 e. The molecule has 7 heteroatoms. The van der Waals surface area contributed by atoms with Crippen LogP contribution in [-0.4, -0.2) is 19.5 Å². The first kappa shape index (κ1) is 15.2. The quantitative estimate of drug-likeness (QED) is 0.922. The molecular weight excluding hydrogens is 291 g/mol. The summed E-state index contributed by atoms with van der Waals surface area (Å²) in [6, 6.07) is 5.20. The van der Waals surface area contributed by atoms with Gasteiger partial charge in [0.05, 0.1) is 10.6 Å². The van der Waals surface area contributed by atoms with Crippen molar-refractivity contribution in [1.29, 1.82) is 0 Å². The zero-order valence-corrected chi connectivity index (χ0v) is 11.8. The molecular formula is C13H16F3NO2S. The molecule has 1 aromatic carbocycles. The van der Waals surface area contributed by atoms with E-state index < -0.39 is 20.2 Å². The second-order valence-electron chi connectivity index (χ2n) is 5.06. The van der Waals surface area contributed by atoms with E-state index in [1.165, 1.54) is 18.2 Å². The smallest absolute Gasteiger partial charge is 0.379 e. The van der Waals surface area contributed by atoms with Gasteiger partial charge in [-0.05, 0) is 37.8 Å². The number of alkyl halides is 3. The monoisotopic (exact) mass is 307 g/mol. The lowest BCUT2D eigenvalue weighted by atomic mass is 9.74. The minimum Gasteiger partial charge on any atom is -0.379 e. The van der Waals surface area contributed by atoms with Gasteiger partial charge in [0.2, 0.25) is 0 Å². The van der Waals surface area contributed by atoms with Gasteiger partial charge in [0.15, 0.2) is 0 Å². The lowest BCUT2D eigenvalue weighted by molar-refractivity contribution is -0.0435. The molecule has 20 heavy (non-hydrogen) atoms. The number of nitrogens with one attached hydrogen (secondary N) is 1. The van der Waals surface area contributed by atoms with Crippen molar-refractivity contribution in [2.45, 2.75) is 48.5 Å². The summed E-state index contributed by atoms with van der Waals surface area (Å²) in [6.45, 7) is 1.94. The fourth-order valence-corrected chi connectivity index (χ4v) is 3.30. The minimum atomic E-state index is -5.33. The molecule has 1 aliphatic rings. The van der Waals surface area contributed by atoms with E-state index in [-0.39, 0.29) is 11.2 Å². The van der Waals surface area contributed by atoms with Crippen LogP contribution in [-0.2, 0) is 9.84 Å². The molecule has 1 N–H and O–H groups in total. The van der Waals surface area contributed by atoms with Gasteiger partial charge in [-0.25, -0.2) is 8.42 Å². The standard InChI is InChI=1S/C13H16F3NO2S/c1-2-12(8-5-9-12)17-10-6-3-4-7-11(10)20(18,19)13(14,15)16/h3-4,6-7,17H,2,5,8-9H2,1H3. The molecule has 0 saturated heterocycles. The molecule has 0 aliphatic heterocycles. The van der Waals surface area contributed by atoms with Gasteiger partial charge in [-0.2, -0.15) is 13.2 Å². The molecule has 0 spiro atoms. The predicted molar refractivity (Wildman–Crippen MR) is 70.2 cm³/mol. The van der Waals surface area contributed by atoms with Crippen molar-refractivity contribution in [2.24, 2.45) is 0 Å². The van der Waals surface area contributed by atoms with Crippen LogP contribution in [0, 0.1) is 0 Å². The number of para-hydroxylation sites is 1. The molecule has 0 unspecified atom stereocenters. The highest BCUT2D eigenvalue weighted by Crippen LogP contribution is 2.41. The summed E-state index contributed by atoms with van der Waals surface area (Å²) in [6.07, 6.45) is 3.41. The Labute approximate surface area is 116 Å². The first-order valence-corrected chi connectivity index (χ1v) is 7.89. The van der Waals surface area contributed by atoms with Crippen molar-refractivity contribution >= 4 is 15.5 Å². The molecule has 0 amide bonds. The normalized spacial score (nSPS) is 18.4. The number of hydrogen-bond donors (Lipinski definition) is 1. The number of benzene rings is 1. The van der Waals surface area contributed by atoms with E-state index in [1.807, 2.05) is 6.92 Å². The molecule has 3 nitrogen and oxygen atoms in total. The summed E-state index contributed by atoms with van der Waals surface area (Å²) in [5, 5.41) is 3.01. The number of rotatable bonds is 4. The average molecular weight is 307 g/mol. The van der Waals surface area contributed by atoms with E-state index in [0.29, 0.717) is 0 Å². The second kappa shape index (κ2) is 4.95. The Balaban J connectivity index is 2.42. The lowest BCUT2D eigenvalue weighted by Gasteiger charge is -2.43. The van der Waals surface area contributed by atoms with E-state index in [2.05, 4.69) is 5.32 Å². The van der Waals surface area contributed by atoms with E-state index in [1.54, 1.807) is 0 Å². The van der Waals surface area contributed by atoms with E-state index >= 15 is 0 Å². The van der Waals surface area contributed by atoms with Gasteiger partial charge in [0.25, 0.3) is 9.84 Å². The molecule has 1 aromatic rings. The highest BCUT2D eigenvalue weighted by molar-refractivity contribution is 7.92. The van der Waals surface area contributed by atoms with Gasteiger partial charge in [-0.15, -0.1) is 0 Å². The third-order valence-corrected chi connectivity index (χ3v) is 5.41. The summed E-state index contributed by atoms with van der Waals surface area (Å²) in [5.74, 6) is 0. The van der Waals surface area contributed by atoms with Crippen LogP contribution in [0.25, 0.3) is 0 Å². The third kappa shape index (κ3) is 2.51. The molecule has 0 aromatic heterocycles.